The normalized spacial score (nSPS) is 26.5. The molecule has 2 heterocycles. The molecule has 0 N–H and O–H groups in total. The standard InChI is InChI=1S/C18H27N3O2/c1-17(2,3)23-16(22)21-10-6-8-18(21)11-14(18)13-12-19-9-7-15(13)20(4)5/h7,9,12,14H,6,8,10-11H2,1-5H3. The van der Waals surface area contributed by atoms with Gasteiger partial charge in [-0.3, -0.25) is 4.98 Å². The molecule has 1 aliphatic carbocycles. The molecule has 1 aromatic heterocycles. The van der Waals surface area contributed by atoms with Gasteiger partial charge >= 0.3 is 6.09 Å². The van der Waals surface area contributed by atoms with E-state index in [1.807, 2.05) is 58.2 Å². The van der Waals surface area contributed by atoms with Crippen LogP contribution in [0.15, 0.2) is 18.5 Å². The summed E-state index contributed by atoms with van der Waals surface area (Å²) in [5, 5.41) is 0. The van der Waals surface area contributed by atoms with E-state index in [1.54, 1.807) is 0 Å². The Balaban J connectivity index is 1.83. The summed E-state index contributed by atoms with van der Waals surface area (Å²) in [6.07, 6.45) is 6.73. The molecule has 5 nitrogen and oxygen atoms in total. The first-order valence-electron chi connectivity index (χ1n) is 8.36. The molecule has 0 bridgehead atoms. The Bertz CT molecular complexity index is 609. The van der Waals surface area contributed by atoms with Crippen LogP contribution in [0.4, 0.5) is 10.5 Å². The zero-order valence-electron chi connectivity index (χ0n) is 14.8. The molecule has 1 saturated carbocycles. The maximum atomic E-state index is 12.6. The van der Waals surface area contributed by atoms with Crippen molar-refractivity contribution in [3.63, 3.8) is 0 Å². The smallest absolute Gasteiger partial charge is 0.410 e. The van der Waals surface area contributed by atoms with E-state index in [2.05, 4.69) is 9.88 Å². The highest BCUT2D eigenvalue weighted by Gasteiger charge is 2.63. The number of aromatic nitrogens is 1. The Morgan fingerprint density at radius 2 is 2.17 bits per heavy atom. The van der Waals surface area contributed by atoms with Crippen molar-refractivity contribution in [2.24, 2.45) is 0 Å². The Kier molecular flexibility index (Phi) is 3.77. The lowest BCUT2D eigenvalue weighted by Crippen LogP contribution is -2.42. The summed E-state index contributed by atoms with van der Waals surface area (Å²) >= 11 is 0. The second kappa shape index (κ2) is 5.39. The molecular weight excluding hydrogens is 290 g/mol. The molecule has 126 valence electrons. The van der Waals surface area contributed by atoms with Crippen molar-refractivity contribution >= 4 is 11.8 Å². The quantitative estimate of drug-likeness (QED) is 0.838. The number of carbonyl (C=O) groups excluding carboxylic acids is 1. The lowest BCUT2D eigenvalue weighted by Gasteiger charge is -2.30. The van der Waals surface area contributed by atoms with Gasteiger partial charge in [-0.2, -0.15) is 0 Å². The lowest BCUT2D eigenvalue weighted by atomic mass is 10.0. The van der Waals surface area contributed by atoms with Crippen molar-refractivity contribution in [1.82, 2.24) is 9.88 Å². The summed E-state index contributed by atoms with van der Waals surface area (Å²) in [5.41, 5.74) is 1.93. The maximum Gasteiger partial charge on any atom is 0.410 e. The van der Waals surface area contributed by atoms with E-state index < -0.39 is 5.60 Å². The second-order valence-electron chi connectivity index (χ2n) is 7.92. The molecular formula is C18H27N3O2. The zero-order chi connectivity index (χ0) is 16.8. The zero-order valence-corrected chi connectivity index (χ0v) is 14.8. The molecule has 1 spiro atoms. The Morgan fingerprint density at radius 3 is 2.83 bits per heavy atom. The van der Waals surface area contributed by atoms with Crippen LogP contribution >= 0.6 is 0 Å². The molecule has 0 radical (unpaired) electrons. The predicted octanol–water partition coefficient (Wildman–Crippen LogP) is 3.40. The van der Waals surface area contributed by atoms with Gasteiger partial charge in [0.15, 0.2) is 0 Å². The molecule has 2 unspecified atom stereocenters. The number of likely N-dealkylation sites (tertiary alicyclic amines) is 1. The molecule has 1 aromatic rings. The molecule has 1 saturated heterocycles. The molecule has 23 heavy (non-hydrogen) atoms. The van der Waals surface area contributed by atoms with Crippen LogP contribution in [0, 0.1) is 0 Å². The van der Waals surface area contributed by atoms with Crippen LogP contribution in [0.1, 0.15) is 51.5 Å². The van der Waals surface area contributed by atoms with E-state index in [9.17, 15) is 4.79 Å². The Morgan fingerprint density at radius 1 is 1.43 bits per heavy atom. The van der Waals surface area contributed by atoms with Crippen molar-refractivity contribution in [2.75, 3.05) is 25.5 Å². The largest absolute Gasteiger partial charge is 0.444 e. The average Bonchev–Trinajstić information content (AvgIpc) is 2.98. The fourth-order valence-corrected chi connectivity index (χ4v) is 3.83. The summed E-state index contributed by atoms with van der Waals surface area (Å²) in [6, 6.07) is 2.05. The van der Waals surface area contributed by atoms with Crippen molar-refractivity contribution in [2.45, 2.75) is 57.1 Å². The molecule has 1 aliphatic heterocycles. The number of hydrogen-bond donors (Lipinski definition) is 0. The maximum absolute atomic E-state index is 12.6. The Hall–Kier alpha value is -1.78. The number of hydrogen-bond acceptors (Lipinski definition) is 4. The van der Waals surface area contributed by atoms with E-state index in [1.165, 1.54) is 11.3 Å². The highest BCUT2D eigenvalue weighted by molar-refractivity contribution is 5.72. The molecule has 2 atom stereocenters. The van der Waals surface area contributed by atoms with Crippen LogP contribution in [0.3, 0.4) is 0 Å². The number of carbonyl (C=O) groups is 1. The van der Waals surface area contributed by atoms with Gasteiger partial charge in [0.1, 0.15) is 5.60 Å². The highest BCUT2D eigenvalue weighted by atomic mass is 16.6. The van der Waals surface area contributed by atoms with Gasteiger partial charge in [-0.15, -0.1) is 0 Å². The van der Waals surface area contributed by atoms with E-state index >= 15 is 0 Å². The summed E-state index contributed by atoms with van der Waals surface area (Å²) in [5.74, 6) is 0.364. The van der Waals surface area contributed by atoms with Crippen LogP contribution in [0.25, 0.3) is 0 Å². The fraction of sp³-hybridized carbons (Fsp3) is 0.667. The van der Waals surface area contributed by atoms with Gasteiger partial charge in [-0.05, 0) is 51.7 Å². The third-order valence-corrected chi connectivity index (χ3v) is 4.87. The molecule has 2 fully saturated rings. The Labute approximate surface area is 138 Å². The monoisotopic (exact) mass is 317 g/mol. The number of ether oxygens (including phenoxy) is 1. The number of amides is 1. The summed E-state index contributed by atoms with van der Waals surface area (Å²) in [4.78, 5) is 21.0. The molecule has 5 heteroatoms. The van der Waals surface area contributed by atoms with Crippen LogP contribution in [-0.4, -0.2) is 47.8 Å². The average molecular weight is 317 g/mol. The number of rotatable bonds is 2. The van der Waals surface area contributed by atoms with Gasteiger partial charge < -0.3 is 14.5 Å². The van der Waals surface area contributed by atoms with E-state index in [0.29, 0.717) is 5.92 Å². The molecule has 2 aliphatic rings. The molecule has 0 aromatic carbocycles. The van der Waals surface area contributed by atoms with Crippen molar-refractivity contribution in [3.8, 4) is 0 Å². The van der Waals surface area contributed by atoms with Gasteiger partial charge in [0.05, 0.1) is 5.54 Å². The minimum Gasteiger partial charge on any atom is -0.444 e. The van der Waals surface area contributed by atoms with Gasteiger partial charge in [0, 0.05) is 44.6 Å². The lowest BCUT2D eigenvalue weighted by molar-refractivity contribution is 0.0198. The number of pyridine rings is 1. The van der Waals surface area contributed by atoms with Crippen LogP contribution < -0.4 is 4.90 Å². The third-order valence-electron chi connectivity index (χ3n) is 4.87. The topological polar surface area (TPSA) is 45.7 Å². The van der Waals surface area contributed by atoms with Crippen LogP contribution in [-0.2, 0) is 4.74 Å². The molecule has 3 rings (SSSR count). The predicted molar refractivity (Wildman–Crippen MR) is 90.8 cm³/mol. The third kappa shape index (κ3) is 2.89. The van der Waals surface area contributed by atoms with E-state index in [-0.39, 0.29) is 11.6 Å². The summed E-state index contributed by atoms with van der Waals surface area (Å²) in [6.45, 7) is 6.55. The number of nitrogens with zero attached hydrogens (tertiary/aromatic N) is 3. The van der Waals surface area contributed by atoms with Crippen molar-refractivity contribution < 1.29 is 9.53 Å². The minimum atomic E-state index is -0.450. The SMILES string of the molecule is CN(C)c1ccncc1C1CC12CCCN2C(=O)OC(C)(C)C. The summed E-state index contributed by atoms with van der Waals surface area (Å²) in [7, 11) is 4.10. The first kappa shape index (κ1) is 16.1. The highest BCUT2D eigenvalue weighted by Crippen LogP contribution is 2.62. The minimum absolute atomic E-state index is 0.0594. The van der Waals surface area contributed by atoms with Gasteiger partial charge in [0.25, 0.3) is 0 Å². The van der Waals surface area contributed by atoms with Crippen molar-refractivity contribution in [3.05, 3.63) is 24.0 Å². The van der Waals surface area contributed by atoms with Gasteiger partial charge in [-0.25, -0.2) is 4.79 Å². The molecule has 1 amide bonds. The first-order valence-corrected chi connectivity index (χ1v) is 8.36. The van der Waals surface area contributed by atoms with E-state index in [4.69, 9.17) is 4.74 Å². The fourth-order valence-electron chi connectivity index (χ4n) is 3.83. The van der Waals surface area contributed by atoms with Crippen LogP contribution in [0.5, 0.6) is 0 Å². The summed E-state index contributed by atoms with van der Waals surface area (Å²) < 4.78 is 5.62. The van der Waals surface area contributed by atoms with Crippen LogP contribution in [0.2, 0.25) is 0 Å². The number of anilines is 1. The van der Waals surface area contributed by atoms with Crippen molar-refractivity contribution in [1.29, 1.82) is 0 Å². The van der Waals surface area contributed by atoms with Gasteiger partial charge in [-0.1, -0.05) is 0 Å². The second-order valence-corrected chi connectivity index (χ2v) is 7.92. The van der Waals surface area contributed by atoms with E-state index in [0.717, 1.165) is 25.8 Å². The first-order chi connectivity index (χ1) is 10.7. The van der Waals surface area contributed by atoms with Gasteiger partial charge in [0.2, 0.25) is 0 Å².